The van der Waals surface area contributed by atoms with Gasteiger partial charge in [-0.05, 0) is 57.3 Å². The van der Waals surface area contributed by atoms with Gasteiger partial charge in [-0.1, -0.05) is 6.07 Å². The molecule has 1 atom stereocenters. The second-order valence-corrected chi connectivity index (χ2v) is 8.01. The SMILES string of the molecule is Cc1cc(C#N)ccc1-c1nn(-c2ccc(C(=O)N3CC[C@H](N(C)C)C3)cn2)cc1O. The Morgan fingerprint density at radius 2 is 2.10 bits per heavy atom. The number of aromatic hydroxyl groups is 1. The minimum atomic E-state index is -0.0272. The molecule has 1 aromatic carbocycles. The van der Waals surface area contributed by atoms with Crippen LogP contribution >= 0.6 is 0 Å². The minimum Gasteiger partial charge on any atom is -0.504 e. The van der Waals surface area contributed by atoms with Gasteiger partial charge in [0.2, 0.25) is 0 Å². The summed E-state index contributed by atoms with van der Waals surface area (Å²) in [4.78, 5) is 21.2. The van der Waals surface area contributed by atoms with E-state index in [0.29, 0.717) is 35.2 Å². The van der Waals surface area contributed by atoms with Gasteiger partial charge in [0.25, 0.3) is 5.91 Å². The number of aryl methyl sites for hydroxylation is 1. The van der Waals surface area contributed by atoms with E-state index in [9.17, 15) is 9.90 Å². The van der Waals surface area contributed by atoms with Crippen LogP contribution in [0.25, 0.3) is 17.1 Å². The van der Waals surface area contributed by atoms with Crippen molar-refractivity contribution in [3.63, 3.8) is 0 Å². The fourth-order valence-electron chi connectivity index (χ4n) is 3.85. The van der Waals surface area contributed by atoms with Gasteiger partial charge in [-0.25, -0.2) is 9.67 Å². The number of likely N-dealkylation sites (tertiary alicyclic amines) is 1. The lowest BCUT2D eigenvalue weighted by Crippen LogP contribution is -2.34. The predicted octanol–water partition coefficient (Wildman–Crippen LogP) is 2.60. The van der Waals surface area contributed by atoms with Crippen LogP contribution in [0.4, 0.5) is 0 Å². The lowest BCUT2D eigenvalue weighted by Gasteiger charge is -2.20. The van der Waals surface area contributed by atoms with Crippen LogP contribution in [0.5, 0.6) is 5.75 Å². The highest BCUT2D eigenvalue weighted by Crippen LogP contribution is 2.31. The first kappa shape index (κ1) is 20.6. The Balaban J connectivity index is 1.55. The maximum atomic E-state index is 12.8. The van der Waals surface area contributed by atoms with Gasteiger partial charge >= 0.3 is 0 Å². The van der Waals surface area contributed by atoms with Crippen LogP contribution in [0.1, 0.15) is 27.9 Å². The molecule has 8 nitrogen and oxygen atoms in total. The fraction of sp³-hybridized carbons (Fsp3) is 0.304. The third-order valence-corrected chi connectivity index (χ3v) is 5.72. The molecular formula is C23H24N6O2. The van der Waals surface area contributed by atoms with E-state index >= 15 is 0 Å². The number of carbonyl (C=O) groups is 1. The van der Waals surface area contributed by atoms with Crippen molar-refractivity contribution in [1.29, 1.82) is 5.26 Å². The average Bonchev–Trinajstić information content (AvgIpc) is 3.41. The van der Waals surface area contributed by atoms with E-state index in [-0.39, 0.29) is 11.7 Å². The normalized spacial score (nSPS) is 16.0. The second-order valence-electron chi connectivity index (χ2n) is 8.01. The third kappa shape index (κ3) is 4.00. The molecular weight excluding hydrogens is 392 g/mol. The maximum Gasteiger partial charge on any atom is 0.255 e. The Morgan fingerprint density at radius 3 is 2.71 bits per heavy atom. The molecule has 4 rings (SSSR count). The highest BCUT2D eigenvalue weighted by atomic mass is 16.3. The van der Waals surface area contributed by atoms with Gasteiger partial charge in [0.1, 0.15) is 5.69 Å². The molecule has 8 heteroatoms. The molecule has 1 aliphatic rings. The van der Waals surface area contributed by atoms with Crippen LogP contribution < -0.4 is 0 Å². The summed E-state index contributed by atoms with van der Waals surface area (Å²) in [5.41, 5.74) is 3.08. The highest BCUT2D eigenvalue weighted by molar-refractivity contribution is 5.94. The van der Waals surface area contributed by atoms with Crippen molar-refractivity contribution in [2.45, 2.75) is 19.4 Å². The lowest BCUT2D eigenvalue weighted by atomic mass is 10.0. The fourth-order valence-corrected chi connectivity index (χ4v) is 3.85. The van der Waals surface area contributed by atoms with Crippen molar-refractivity contribution in [1.82, 2.24) is 24.6 Å². The van der Waals surface area contributed by atoms with Crippen LogP contribution in [0.3, 0.4) is 0 Å². The summed E-state index contributed by atoms with van der Waals surface area (Å²) in [5.74, 6) is 0.485. The molecule has 0 radical (unpaired) electrons. The van der Waals surface area contributed by atoms with E-state index in [1.807, 2.05) is 25.9 Å². The Hall–Kier alpha value is -3.70. The number of nitriles is 1. The van der Waals surface area contributed by atoms with Crippen molar-refractivity contribution < 1.29 is 9.90 Å². The number of benzene rings is 1. The summed E-state index contributed by atoms with van der Waals surface area (Å²) < 4.78 is 1.48. The molecule has 31 heavy (non-hydrogen) atoms. The molecule has 1 amide bonds. The zero-order chi connectivity index (χ0) is 22.1. The number of amides is 1. The topological polar surface area (TPSA) is 98.3 Å². The second kappa shape index (κ2) is 8.20. The van der Waals surface area contributed by atoms with Crippen LogP contribution in [0.2, 0.25) is 0 Å². The predicted molar refractivity (Wildman–Crippen MR) is 116 cm³/mol. The first-order chi connectivity index (χ1) is 14.9. The van der Waals surface area contributed by atoms with Gasteiger partial charge in [0.05, 0.1) is 23.4 Å². The molecule has 1 fully saturated rings. The standard InChI is InChI=1S/C23H24N6O2/c1-15-10-16(11-24)4-6-19(15)22-20(30)14-29(26-22)21-7-5-17(12-25-21)23(31)28-9-8-18(13-28)27(2)3/h4-7,10,12,14,18,30H,8-9,13H2,1-3H3/t18-/m0/s1. The van der Waals surface area contributed by atoms with Crippen molar-refractivity contribution >= 4 is 5.91 Å². The summed E-state index contributed by atoms with van der Waals surface area (Å²) in [6, 6.07) is 11.2. The first-order valence-corrected chi connectivity index (χ1v) is 10.1. The third-order valence-electron chi connectivity index (χ3n) is 5.72. The molecule has 0 unspecified atom stereocenters. The molecule has 1 saturated heterocycles. The smallest absolute Gasteiger partial charge is 0.255 e. The molecule has 0 spiro atoms. The molecule has 3 aromatic rings. The van der Waals surface area contributed by atoms with Crippen LogP contribution in [0, 0.1) is 18.3 Å². The molecule has 3 heterocycles. The minimum absolute atomic E-state index is 0.0153. The Kier molecular flexibility index (Phi) is 5.44. The van der Waals surface area contributed by atoms with E-state index in [4.69, 9.17) is 5.26 Å². The van der Waals surface area contributed by atoms with Gasteiger partial charge < -0.3 is 14.9 Å². The summed E-state index contributed by atoms with van der Waals surface area (Å²) in [6.45, 7) is 3.32. The van der Waals surface area contributed by atoms with Gasteiger partial charge in [-0.3, -0.25) is 4.79 Å². The largest absolute Gasteiger partial charge is 0.504 e. The number of nitrogens with zero attached hydrogens (tertiary/aromatic N) is 6. The number of aromatic nitrogens is 3. The maximum absolute atomic E-state index is 12.8. The lowest BCUT2D eigenvalue weighted by molar-refractivity contribution is 0.0782. The number of carbonyl (C=O) groups excluding carboxylic acids is 1. The van der Waals surface area contributed by atoms with Gasteiger partial charge in [-0.15, -0.1) is 0 Å². The van der Waals surface area contributed by atoms with E-state index in [1.165, 1.54) is 10.9 Å². The van der Waals surface area contributed by atoms with E-state index in [0.717, 1.165) is 24.1 Å². The zero-order valence-electron chi connectivity index (χ0n) is 17.8. The van der Waals surface area contributed by atoms with Crippen LogP contribution in [0.15, 0.2) is 42.7 Å². The number of rotatable bonds is 4. The summed E-state index contributed by atoms with van der Waals surface area (Å²) in [7, 11) is 4.06. The summed E-state index contributed by atoms with van der Waals surface area (Å²) >= 11 is 0. The summed E-state index contributed by atoms with van der Waals surface area (Å²) in [5, 5.41) is 23.9. The van der Waals surface area contributed by atoms with Crippen molar-refractivity contribution in [2.75, 3.05) is 27.2 Å². The number of likely N-dealkylation sites (N-methyl/N-ethyl adjacent to an activating group) is 1. The molecule has 1 N–H and O–H groups in total. The molecule has 0 bridgehead atoms. The first-order valence-electron chi connectivity index (χ1n) is 10.1. The van der Waals surface area contributed by atoms with Crippen LogP contribution in [-0.4, -0.2) is 68.8 Å². The Bertz CT molecular complexity index is 1160. The monoisotopic (exact) mass is 416 g/mol. The van der Waals surface area contributed by atoms with E-state index < -0.39 is 0 Å². The molecule has 0 saturated carbocycles. The van der Waals surface area contributed by atoms with Gasteiger partial charge in [-0.2, -0.15) is 10.4 Å². The highest BCUT2D eigenvalue weighted by Gasteiger charge is 2.28. The number of hydrogen-bond donors (Lipinski definition) is 1. The van der Waals surface area contributed by atoms with Gasteiger partial charge in [0.15, 0.2) is 11.6 Å². The molecule has 0 aliphatic carbocycles. The van der Waals surface area contributed by atoms with Crippen molar-refractivity contribution in [3.05, 3.63) is 59.4 Å². The zero-order valence-corrected chi connectivity index (χ0v) is 17.8. The Labute approximate surface area is 181 Å². The quantitative estimate of drug-likeness (QED) is 0.702. The average molecular weight is 416 g/mol. The van der Waals surface area contributed by atoms with Crippen molar-refractivity contribution in [3.8, 4) is 28.9 Å². The molecule has 2 aromatic heterocycles. The van der Waals surface area contributed by atoms with E-state index in [2.05, 4.69) is 21.1 Å². The van der Waals surface area contributed by atoms with Crippen LogP contribution in [-0.2, 0) is 0 Å². The van der Waals surface area contributed by atoms with Crippen molar-refractivity contribution in [2.24, 2.45) is 0 Å². The Morgan fingerprint density at radius 1 is 1.29 bits per heavy atom. The molecule has 1 aliphatic heterocycles. The number of hydrogen-bond acceptors (Lipinski definition) is 6. The number of pyridine rings is 1. The molecule has 158 valence electrons. The summed E-state index contributed by atoms with van der Waals surface area (Å²) in [6.07, 6.45) is 4.00. The van der Waals surface area contributed by atoms with E-state index in [1.54, 1.807) is 36.5 Å². The van der Waals surface area contributed by atoms with Gasteiger partial charge in [0, 0.05) is 30.9 Å².